The molecule has 1 aliphatic heterocycles. The Labute approximate surface area is 87.8 Å². The van der Waals surface area contributed by atoms with Crippen LogP contribution in [0, 0.1) is 0 Å². The number of nitrogens with one attached hydrogen (secondary N) is 1. The zero-order valence-corrected chi connectivity index (χ0v) is 8.42. The van der Waals surface area contributed by atoms with Gasteiger partial charge < -0.3 is 9.88 Å². The summed E-state index contributed by atoms with van der Waals surface area (Å²) in [6.45, 7) is 2.91. The molecule has 0 radical (unpaired) electrons. The molecule has 2 aromatic rings. The van der Waals surface area contributed by atoms with Crippen molar-refractivity contribution in [1.82, 2.24) is 19.9 Å². The van der Waals surface area contributed by atoms with Gasteiger partial charge in [0, 0.05) is 19.3 Å². The van der Waals surface area contributed by atoms with Gasteiger partial charge in [-0.1, -0.05) is 0 Å². The molecule has 74 valence electrons. The molecule has 3 heterocycles. The second-order valence-corrected chi connectivity index (χ2v) is 3.22. The number of hydrogen-bond acceptors (Lipinski definition) is 3. The zero-order valence-electron chi connectivity index (χ0n) is 7.60. The minimum absolute atomic E-state index is 0. The molecule has 0 spiro atoms. The van der Waals surface area contributed by atoms with Crippen LogP contribution in [0.1, 0.15) is 5.82 Å². The summed E-state index contributed by atoms with van der Waals surface area (Å²) in [7, 11) is 0. The van der Waals surface area contributed by atoms with Gasteiger partial charge in [-0.15, -0.1) is 12.4 Å². The van der Waals surface area contributed by atoms with Gasteiger partial charge in [0.15, 0.2) is 0 Å². The van der Waals surface area contributed by atoms with Gasteiger partial charge in [0.05, 0.1) is 18.3 Å². The summed E-state index contributed by atoms with van der Waals surface area (Å²) in [5, 5.41) is 3.30. The second-order valence-electron chi connectivity index (χ2n) is 3.22. The summed E-state index contributed by atoms with van der Waals surface area (Å²) in [5.41, 5.74) is 2.20. The monoisotopic (exact) mass is 210 g/mol. The Morgan fingerprint density at radius 3 is 3.29 bits per heavy atom. The number of hydrogen-bond donors (Lipinski definition) is 1. The first-order valence-electron chi connectivity index (χ1n) is 4.45. The molecule has 3 rings (SSSR count). The molecule has 5 heteroatoms. The van der Waals surface area contributed by atoms with Gasteiger partial charge >= 0.3 is 0 Å². The van der Waals surface area contributed by atoms with Crippen LogP contribution >= 0.6 is 12.4 Å². The van der Waals surface area contributed by atoms with E-state index in [2.05, 4.69) is 19.9 Å². The molecular weight excluding hydrogens is 200 g/mol. The van der Waals surface area contributed by atoms with E-state index < -0.39 is 0 Å². The normalized spacial score (nSPS) is 14.9. The molecule has 0 bridgehead atoms. The van der Waals surface area contributed by atoms with E-state index in [-0.39, 0.29) is 12.4 Å². The largest absolute Gasteiger partial charge is 0.326 e. The van der Waals surface area contributed by atoms with E-state index in [0.717, 1.165) is 31.0 Å². The highest BCUT2D eigenvalue weighted by molar-refractivity contribution is 5.85. The van der Waals surface area contributed by atoms with Crippen LogP contribution in [0.25, 0.3) is 11.0 Å². The molecule has 0 aliphatic carbocycles. The molecule has 4 nitrogen and oxygen atoms in total. The topological polar surface area (TPSA) is 42.7 Å². The molecular formula is C9H11ClN4. The van der Waals surface area contributed by atoms with Crippen LogP contribution in [-0.4, -0.2) is 21.1 Å². The number of halogens is 1. The maximum atomic E-state index is 4.49. The highest BCUT2D eigenvalue weighted by Crippen LogP contribution is 2.15. The van der Waals surface area contributed by atoms with Crippen molar-refractivity contribution in [3.05, 3.63) is 24.3 Å². The Kier molecular flexibility index (Phi) is 2.39. The molecule has 0 unspecified atom stereocenters. The minimum Gasteiger partial charge on any atom is -0.326 e. The lowest BCUT2D eigenvalue weighted by molar-refractivity contribution is 0.514. The summed E-state index contributed by atoms with van der Waals surface area (Å²) in [6.07, 6.45) is 3.64. The van der Waals surface area contributed by atoms with Crippen LogP contribution in [-0.2, 0) is 13.1 Å². The average Bonchev–Trinajstić information content (AvgIpc) is 2.56. The van der Waals surface area contributed by atoms with Gasteiger partial charge in [-0.2, -0.15) is 0 Å². The van der Waals surface area contributed by atoms with E-state index in [4.69, 9.17) is 0 Å². The van der Waals surface area contributed by atoms with E-state index in [1.807, 2.05) is 18.5 Å². The van der Waals surface area contributed by atoms with Crippen LogP contribution in [0.15, 0.2) is 18.5 Å². The lowest BCUT2D eigenvalue weighted by Crippen LogP contribution is -2.28. The van der Waals surface area contributed by atoms with Crippen molar-refractivity contribution < 1.29 is 0 Å². The molecule has 0 aromatic carbocycles. The zero-order chi connectivity index (χ0) is 8.67. The molecule has 2 aromatic heterocycles. The number of nitrogens with zero attached hydrogens (tertiary/aromatic N) is 3. The fraction of sp³-hybridized carbons (Fsp3) is 0.333. The summed E-state index contributed by atoms with van der Waals surface area (Å²) in [4.78, 5) is 8.55. The number of aromatic nitrogens is 3. The summed E-state index contributed by atoms with van der Waals surface area (Å²) >= 11 is 0. The quantitative estimate of drug-likeness (QED) is 0.704. The number of pyridine rings is 1. The lowest BCUT2D eigenvalue weighted by Gasteiger charge is -2.15. The Hall–Kier alpha value is -1.13. The molecule has 14 heavy (non-hydrogen) atoms. The third-order valence-corrected chi connectivity index (χ3v) is 2.42. The predicted octanol–water partition coefficient (Wildman–Crippen LogP) is 0.956. The van der Waals surface area contributed by atoms with Crippen molar-refractivity contribution in [3.63, 3.8) is 0 Å². The highest BCUT2D eigenvalue weighted by Gasteiger charge is 2.12. The lowest BCUT2D eigenvalue weighted by atomic mass is 10.4. The maximum absolute atomic E-state index is 4.49. The Morgan fingerprint density at radius 1 is 1.43 bits per heavy atom. The van der Waals surface area contributed by atoms with Crippen molar-refractivity contribution in [1.29, 1.82) is 0 Å². The third kappa shape index (κ3) is 1.27. The third-order valence-electron chi connectivity index (χ3n) is 2.42. The van der Waals surface area contributed by atoms with Crippen molar-refractivity contribution in [3.8, 4) is 0 Å². The predicted molar refractivity (Wildman–Crippen MR) is 56.5 cm³/mol. The van der Waals surface area contributed by atoms with Gasteiger partial charge in [-0.3, -0.25) is 4.98 Å². The Bertz CT molecular complexity index is 451. The summed E-state index contributed by atoms with van der Waals surface area (Å²) < 4.78 is 2.26. The Balaban J connectivity index is 0.000000750. The van der Waals surface area contributed by atoms with Crippen LogP contribution in [0.5, 0.6) is 0 Å². The second kappa shape index (κ2) is 3.55. The van der Waals surface area contributed by atoms with Crippen molar-refractivity contribution in [2.24, 2.45) is 0 Å². The minimum atomic E-state index is 0. The SMILES string of the molecule is Cl.c1cc2c(cn1)nc1n2CCNC1. The van der Waals surface area contributed by atoms with Crippen LogP contribution < -0.4 is 5.32 Å². The van der Waals surface area contributed by atoms with Crippen molar-refractivity contribution >= 4 is 23.4 Å². The van der Waals surface area contributed by atoms with E-state index >= 15 is 0 Å². The van der Waals surface area contributed by atoms with Crippen LogP contribution in [0.3, 0.4) is 0 Å². The first-order chi connectivity index (χ1) is 6.45. The summed E-state index contributed by atoms with van der Waals surface area (Å²) in [6, 6.07) is 2.02. The van der Waals surface area contributed by atoms with E-state index in [1.54, 1.807) is 0 Å². The molecule has 1 aliphatic rings. The van der Waals surface area contributed by atoms with E-state index in [0.29, 0.717) is 0 Å². The molecule has 1 N–H and O–H groups in total. The molecule has 0 fully saturated rings. The summed E-state index contributed by atoms with van der Waals surface area (Å²) in [5.74, 6) is 1.12. The molecule has 0 saturated heterocycles. The molecule has 0 saturated carbocycles. The van der Waals surface area contributed by atoms with Crippen molar-refractivity contribution in [2.75, 3.05) is 6.54 Å². The number of rotatable bonds is 0. The van der Waals surface area contributed by atoms with E-state index in [1.165, 1.54) is 5.52 Å². The van der Waals surface area contributed by atoms with Crippen molar-refractivity contribution in [2.45, 2.75) is 13.1 Å². The van der Waals surface area contributed by atoms with Crippen LogP contribution in [0.2, 0.25) is 0 Å². The fourth-order valence-corrected chi connectivity index (χ4v) is 1.81. The average molecular weight is 211 g/mol. The fourth-order valence-electron chi connectivity index (χ4n) is 1.81. The van der Waals surface area contributed by atoms with Crippen LogP contribution in [0.4, 0.5) is 0 Å². The molecule has 0 amide bonds. The number of fused-ring (bicyclic) bond motifs is 3. The van der Waals surface area contributed by atoms with Gasteiger partial charge in [-0.25, -0.2) is 4.98 Å². The van der Waals surface area contributed by atoms with Gasteiger partial charge in [0.2, 0.25) is 0 Å². The maximum Gasteiger partial charge on any atom is 0.123 e. The number of imidazole rings is 1. The van der Waals surface area contributed by atoms with Gasteiger partial charge in [0.25, 0.3) is 0 Å². The van der Waals surface area contributed by atoms with Gasteiger partial charge in [0.1, 0.15) is 11.3 Å². The standard InChI is InChI=1S/C9H10N4.ClH/c1-2-10-5-7-8(1)13-4-3-11-6-9(13)12-7;/h1-2,5,11H,3-4,6H2;1H. The first-order valence-corrected chi connectivity index (χ1v) is 4.45. The highest BCUT2D eigenvalue weighted by atomic mass is 35.5. The van der Waals surface area contributed by atoms with E-state index in [9.17, 15) is 0 Å². The Morgan fingerprint density at radius 2 is 2.36 bits per heavy atom. The smallest absolute Gasteiger partial charge is 0.123 e. The van der Waals surface area contributed by atoms with Gasteiger partial charge in [-0.05, 0) is 6.07 Å². The molecule has 0 atom stereocenters. The first kappa shape index (κ1) is 9.43.